The van der Waals surface area contributed by atoms with Crippen LogP contribution < -0.4 is 4.72 Å². The second kappa shape index (κ2) is 8.61. The van der Waals surface area contributed by atoms with Crippen LogP contribution in [0.5, 0.6) is 0 Å². The van der Waals surface area contributed by atoms with Gasteiger partial charge in [-0.2, -0.15) is 9.82 Å². The van der Waals surface area contributed by atoms with Crippen LogP contribution in [-0.2, 0) is 21.4 Å². The number of carbonyl (C=O) groups is 1. The van der Waals surface area contributed by atoms with E-state index in [0.717, 1.165) is 18.4 Å². The number of nitrogens with one attached hydrogen (secondary N) is 2. The van der Waals surface area contributed by atoms with Crippen LogP contribution in [-0.4, -0.2) is 53.1 Å². The van der Waals surface area contributed by atoms with Crippen LogP contribution in [0.4, 0.5) is 0 Å². The van der Waals surface area contributed by atoms with E-state index < -0.39 is 16.1 Å². The fourth-order valence-corrected chi connectivity index (χ4v) is 5.36. The number of aromatic nitrogens is 3. The number of nitrogens with zero attached hydrogens (tertiary/aromatic N) is 3. The summed E-state index contributed by atoms with van der Waals surface area (Å²) in [5, 5.41) is 4.78. The number of H-pyrrole nitrogens is 1. The minimum atomic E-state index is -3.89. The van der Waals surface area contributed by atoms with Crippen molar-refractivity contribution in [2.75, 3.05) is 13.1 Å². The number of carbonyl (C=O) groups excluding carboxylic acids is 1. The largest absolute Gasteiger partial charge is 0.361 e. The molecule has 0 aliphatic carbocycles. The molecular formula is C21H27N5O3S. The minimum Gasteiger partial charge on any atom is -0.361 e. The van der Waals surface area contributed by atoms with Crippen molar-refractivity contribution in [1.29, 1.82) is 0 Å². The molecule has 1 aliphatic heterocycles. The highest BCUT2D eigenvalue weighted by atomic mass is 32.2. The van der Waals surface area contributed by atoms with Crippen LogP contribution in [0.25, 0.3) is 10.9 Å². The molecule has 3 heterocycles. The molecule has 1 saturated heterocycles. The van der Waals surface area contributed by atoms with Gasteiger partial charge in [0.15, 0.2) is 0 Å². The molecule has 0 radical (unpaired) electrons. The van der Waals surface area contributed by atoms with Crippen molar-refractivity contribution >= 4 is 26.8 Å². The first-order valence-corrected chi connectivity index (χ1v) is 11.8. The Morgan fingerprint density at radius 2 is 2.07 bits per heavy atom. The summed E-state index contributed by atoms with van der Waals surface area (Å²) in [5.74, 6) is 0.415. The molecule has 2 aromatic heterocycles. The highest BCUT2D eigenvalue weighted by Crippen LogP contribution is 2.23. The van der Waals surface area contributed by atoms with Crippen LogP contribution in [0.2, 0.25) is 0 Å². The maximum atomic E-state index is 13.3. The fraction of sp³-hybridized carbons (Fsp3) is 0.429. The average molecular weight is 430 g/mol. The molecule has 3 aromatic rings. The van der Waals surface area contributed by atoms with E-state index in [-0.39, 0.29) is 10.8 Å². The number of rotatable bonds is 7. The normalized spacial score (nSPS) is 16.8. The molecule has 160 valence electrons. The summed E-state index contributed by atoms with van der Waals surface area (Å²) in [4.78, 5) is 18.2. The van der Waals surface area contributed by atoms with E-state index in [0.29, 0.717) is 37.4 Å². The molecule has 1 atom stereocenters. The monoisotopic (exact) mass is 429 g/mol. The van der Waals surface area contributed by atoms with Gasteiger partial charge in [-0.15, -0.1) is 0 Å². The first kappa shape index (κ1) is 20.6. The Hall–Kier alpha value is -2.65. The Morgan fingerprint density at radius 1 is 1.27 bits per heavy atom. The molecule has 1 unspecified atom stereocenters. The Bertz CT molecular complexity index is 1100. The minimum absolute atomic E-state index is 0.168. The van der Waals surface area contributed by atoms with Gasteiger partial charge >= 0.3 is 0 Å². The van der Waals surface area contributed by atoms with Crippen molar-refractivity contribution in [2.24, 2.45) is 5.92 Å². The maximum Gasteiger partial charge on any atom is 0.241 e. The molecular weight excluding hydrogens is 402 g/mol. The van der Waals surface area contributed by atoms with Gasteiger partial charge in [0.2, 0.25) is 15.9 Å². The van der Waals surface area contributed by atoms with Crippen LogP contribution in [0.1, 0.15) is 26.2 Å². The summed E-state index contributed by atoms with van der Waals surface area (Å²) in [6.07, 6.45) is 7.38. The molecule has 1 fully saturated rings. The predicted molar refractivity (Wildman–Crippen MR) is 114 cm³/mol. The van der Waals surface area contributed by atoms with Gasteiger partial charge in [0.05, 0.1) is 4.90 Å². The molecule has 1 amide bonds. The molecule has 1 aromatic carbocycles. The molecule has 8 nitrogen and oxygen atoms in total. The molecule has 9 heteroatoms. The third kappa shape index (κ3) is 4.41. The topological polar surface area (TPSA) is 100 Å². The molecule has 4 rings (SSSR count). The van der Waals surface area contributed by atoms with Gasteiger partial charge in [-0.05, 0) is 49.4 Å². The third-order valence-electron chi connectivity index (χ3n) is 5.74. The number of amides is 1. The van der Waals surface area contributed by atoms with Gasteiger partial charge in [0.25, 0.3) is 0 Å². The van der Waals surface area contributed by atoms with Gasteiger partial charge in [0, 0.05) is 49.1 Å². The Balaban J connectivity index is 1.58. The zero-order chi connectivity index (χ0) is 21.1. The van der Waals surface area contributed by atoms with Crippen LogP contribution in [0.3, 0.4) is 0 Å². The molecule has 1 aliphatic rings. The fourth-order valence-electron chi connectivity index (χ4n) is 3.92. The SMILES string of the molecule is CC1CCN(C(=O)C(CCn2cccn2)NS(=O)(=O)c2cccc3[nH]ccc23)CC1. The van der Waals surface area contributed by atoms with Crippen molar-refractivity contribution in [1.82, 2.24) is 24.4 Å². The number of likely N-dealkylation sites (tertiary alicyclic amines) is 1. The summed E-state index contributed by atoms with van der Waals surface area (Å²) in [6.45, 7) is 3.95. The lowest BCUT2D eigenvalue weighted by atomic mass is 9.98. The van der Waals surface area contributed by atoms with E-state index in [9.17, 15) is 13.2 Å². The zero-order valence-electron chi connectivity index (χ0n) is 17.0. The third-order valence-corrected chi connectivity index (χ3v) is 7.27. The smallest absolute Gasteiger partial charge is 0.241 e. The first-order valence-electron chi connectivity index (χ1n) is 10.3. The Morgan fingerprint density at radius 3 is 2.80 bits per heavy atom. The van der Waals surface area contributed by atoms with Crippen molar-refractivity contribution in [3.8, 4) is 0 Å². The van der Waals surface area contributed by atoms with E-state index >= 15 is 0 Å². The van der Waals surface area contributed by atoms with Crippen LogP contribution >= 0.6 is 0 Å². The van der Waals surface area contributed by atoms with E-state index in [1.807, 2.05) is 6.07 Å². The highest BCUT2D eigenvalue weighted by Gasteiger charge is 2.31. The molecule has 30 heavy (non-hydrogen) atoms. The van der Waals surface area contributed by atoms with E-state index in [4.69, 9.17) is 0 Å². The van der Waals surface area contributed by atoms with Crippen molar-refractivity contribution in [3.05, 3.63) is 48.9 Å². The number of piperidine rings is 1. The summed E-state index contributed by atoms with van der Waals surface area (Å²) in [7, 11) is -3.89. The van der Waals surface area contributed by atoms with Gasteiger partial charge < -0.3 is 9.88 Å². The van der Waals surface area contributed by atoms with E-state index in [2.05, 4.69) is 21.7 Å². The predicted octanol–water partition coefficient (Wildman–Crippen LogP) is 2.36. The number of aryl methyl sites for hydroxylation is 1. The highest BCUT2D eigenvalue weighted by molar-refractivity contribution is 7.89. The molecule has 0 spiro atoms. The summed E-state index contributed by atoms with van der Waals surface area (Å²) in [6, 6.07) is 7.78. The number of hydrogen-bond donors (Lipinski definition) is 2. The standard InChI is InChI=1S/C21H27N5O3S/c1-16-7-13-25(14-8-16)21(27)19(9-15-26-12-3-10-23-26)24-30(28,29)20-5-2-4-18-17(20)6-11-22-18/h2-6,10-12,16,19,22,24H,7-9,13-15H2,1H3. The number of benzene rings is 1. The summed E-state index contributed by atoms with van der Waals surface area (Å²) >= 11 is 0. The first-order chi connectivity index (χ1) is 14.4. The second-order valence-electron chi connectivity index (χ2n) is 7.93. The van der Waals surface area contributed by atoms with Gasteiger partial charge in [0.1, 0.15) is 6.04 Å². The van der Waals surface area contributed by atoms with Crippen LogP contribution in [0.15, 0.2) is 53.8 Å². The molecule has 0 bridgehead atoms. The second-order valence-corrected chi connectivity index (χ2v) is 9.62. The van der Waals surface area contributed by atoms with Gasteiger partial charge in [-0.3, -0.25) is 9.48 Å². The van der Waals surface area contributed by atoms with E-state index in [1.165, 1.54) is 0 Å². The lowest BCUT2D eigenvalue weighted by molar-refractivity contribution is -0.134. The van der Waals surface area contributed by atoms with Gasteiger partial charge in [-0.1, -0.05) is 13.0 Å². The summed E-state index contributed by atoms with van der Waals surface area (Å²) < 4.78 is 30.9. The van der Waals surface area contributed by atoms with Crippen molar-refractivity contribution in [2.45, 2.75) is 43.7 Å². The number of sulfonamides is 1. The zero-order valence-corrected chi connectivity index (χ0v) is 17.8. The van der Waals surface area contributed by atoms with Crippen molar-refractivity contribution < 1.29 is 13.2 Å². The maximum absolute atomic E-state index is 13.3. The lowest BCUT2D eigenvalue weighted by Gasteiger charge is -2.33. The molecule has 2 N–H and O–H groups in total. The average Bonchev–Trinajstić information content (AvgIpc) is 3.42. The van der Waals surface area contributed by atoms with Gasteiger partial charge in [-0.25, -0.2) is 8.42 Å². The van der Waals surface area contributed by atoms with Crippen molar-refractivity contribution in [3.63, 3.8) is 0 Å². The van der Waals surface area contributed by atoms with E-state index in [1.54, 1.807) is 52.4 Å². The van der Waals surface area contributed by atoms with Crippen LogP contribution in [0, 0.1) is 5.92 Å². The summed E-state index contributed by atoms with van der Waals surface area (Å²) in [5.41, 5.74) is 0.738. The molecule has 0 saturated carbocycles. The number of aromatic amines is 1. The Labute approximate surface area is 176 Å². The Kier molecular flexibility index (Phi) is 5.92. The number of hydrogen-bond acceptors (Lipinski definition) is 4. The lowest BCUT2D eigenvalue weighted by Crippen LogP contribution is -2.50. The number of fused-ring (bicyclic) bond motifs is 1. The quantitative estimate of drug-likeness (QED) is 0.602.